The highest BCUT2D eigenvalue weighted by molar-refractivity contribution is 5.77. The summed E-state index contributed by atoms with van der Waals surface area (Å²) in [6.45, 7) is 0. The van der Waals surface area contributed by atoms with Gasteiger partial charge in [-0.15, -0.1) is 4.79 Å². The maximum absolute atomic E-state index is 13.0. The van der Waals surface area contributed by atoms with Gasteiger partial charge in [0.25, 0.3) is 5.56 Å². The van der Waals surface area contributed by atoms with Crippen LogP contribution in [0.2, 0.25) is 0 Å². The van der Waals surface area contributed by atoms with Gasteiger partial charge in [-0.1, -0.05) is 4.48 Å². The van der Waals surface area contributed by atoms with Crippen LogP contribution in [0.15, 0.2) is 35.4 Å². The summed E-state index contributed by atoms with van der Waals surface area (Å²) in [7, 11) is 0. The highest BCUT2D eigenvalue weighted by Crippen LogP contribution is 2.08. The molecule has 60 valence electrons. The monoisotopic (exact) mass is 164 g/mol. The molecule has 4 heteroatoms. The summed E-state index contributed by atoms with van der Waals surface area (Å²) in [5, 5.41) is 0.659. The minimum absolute atomic E-state index is 0.0856. The molecule has 0 aromatic carbocycles. The van der Waals surface area contributed by atoms with Crippen molar-refractivity contribution in [2.75, 3.05) is 0 Å². The molecule has 3 nitrogen and oxygen atoms in total. The molecule has 2 heterocycles. The summed E-state index contributed by atoms with van der Waals surface area (Å²) < 4.78 is 13.0. The van der Waals surface area contributed by atoms with Crippen LogP contribution in [0, 0.1) is 0 Å². The third kappa shape index (κ3) is 0.887. The largest absolute Gasteiger partial charge is 0.279 e. The molecule has 0 amide bonds. The maximum atomic E-state index is 13.0. The van der Waals surface area contributed by atoms with E-state index >= 15 is 0 Å². The number of hydrogen-bond acceptors (Lipinski definition) is 2. The smallest absolute Gasteiger partial charge is 0.267 e. The quantitative estimate of drug-likeness (QED) is 0.585. The van der Waals surface area contributed by atoms with Crippen LogP contribution in [-0.4, -0.2) is 9.77 Å². The first-order chi connectivity index (χ1) is 5.79. The van der Waals surface area contributed by atoms with E-state index in [9.17, 15) is 9.28 Å². The predicted octanol–water partition coefficient (Wildman–Crippen LogP) is 1.13. The number of aromatic nitrogens is 2. The first kappa shape index (κ1) is 6.97. The normalized spacial score (nSPS) is 10.4. The minimum atomic E-state index is -0.671. The first-order valence-corrected chi connectivity index (χ1v) is 3.41. The van der Waals surface area contributed by atoms with Crippen LogP contribution in [0.5, 0.6) is 0 Å². The Hall–Kier alpha value is -1.71. The predicted molar refractivity (Wildman–Crippen MR) is 42.5 cm³/mol. The van der Waals surface area contributed by atoms with E-state index in [-0.39, 0.29) is 10.3 Å². The van der Waals surface area contributed by atoms with Gasteiger partial charge >= 0.3 is 0 Å². The number of rotatable bonds is 0. The molecule has 0 aliphatic rings. The number of halogens is 1. The summed E-state index contributed by atoms with van der Waals surface area (Å²) in [6.07, 6.45) is 2.86. The maximum Gasteiger partial charge on any atom is 0.279 e. The first-order valence-electron chi connectivity index (χ1n) is 3.41. The second-order valence-electron chi connectivity index (χ2n) is 2.39. The third-order valence-electron chi connectivity index (χ3n) is 1.64. The summed E-state index contributed by atoms with van der Waals surface area (Å²) in [5.74, 6) is 0. The van der Waals surface area contributed by atoms with Gasteiger partial charge in [-0.3, -0.25) is 9.78 Å². The lowest BCUT2D eigenvalue weighted by Crippen LogP contribution is -2.11. The molecular weight excluding hydrogens is 159 g/mol. The van der Waals surface area contributed by atoms with E-state index in [0.717, 1.165) is 0 Å². The van der Waals surface area contributed by atoms with Crippen molar-refractivity contribution in [3.63, 3.8) is 0 Å². The fourth-order valence-corrected chi connectivity index (χ4v) is 1.05. The molecule has 12 heavy (non-hydrogen) atoms. The van der Waals surface area contributed by atoms with E-state index in [2.05, 4.69) is 4.98 Å². The molecule has 0 bridgehead atoms. The third-order valence-corrected chi connectivity index (χ3v) is 1.64. The van der Waals surface area contributed by atoms with Gasteiger partial charge in [-0.05, 0) is 12.1 Å². The lowest BCUT2D eigenvalue weighted by molar-refractivity contribution is 0.371. The topological polar surface area (TPSA) is 34.9 Å². The molecule has 0 fully saturated rings. The van der Waals surface area contributed by atoms with Crippen molar-refractivity contribution in [2.24, 2.45) is 0 Å². The minimum Gasteiger partial charge on any atom is -0.267 e. The molecule has 0 spiro atoms. The van der Waals surface area contributed by atoms with E-state index < -0.39 is 5.56 Å². The molecule has 2 rings (SSSR count). The standard InChI is InChI=1S/C8H5FN2O/c9-11-7-5-10-4-3-6(7)1-2-8(11)12/h1-5H. The highest BCUT2D eigenvalue weighted by Gasteiger charge is 1.99. The van der Waals surface area contributed by atoms with Crippen molar-refractivity contribution < 1.29 is 4.48 Å². The van der Waals surface area contributed by atoms with Gasteiger partial charge in [-0.2, -0.15) is 0 Å². The van der Waals surface area contributed by atoms with Crippen LogP contribution in [0.1, 0.15) is 0 Å². The Bertz CT molecular complexity index is 478. The molecule has 0 N–H and O–H groups in total. The molecule has 2 aromatic rings. The van der Waals surface area contributed by atoms with Crippen molar-refractivity contribution in [2.45, 2.75) is 0 Å². The Morgan fingerprint density at radius 3 is 3.00 bits per heavy atom. The summed E-state index contributed by atoms with van der Waals surface area (Å²) in [6, 6.07) is 4.39. The van der Waals surface area contributed by atoms with Crippen molar-refractivity contribution in [3.8, 4) is 0 Å². The van der Waals surface area contributed by atoms with Gasteiger partial charge in [0.1, 0.15) is 5.52 Å². The zero-order chi connectivity index (χ0) is 8.55. The van der Waals surface area contributed by atoms with Crippen LogP contribution >= 0.6 is 0 Å². The van der Waals surface area contributed by atoms with Crippen molar-refractivity contribution in [3.05, 3.63) is 40.9 Å². The Labute approximate surface area is 67.0 Å². The van der Waals surface area contributed by atoms with Crippen LogP contribution < -0.4 is 5.56 Å². The number of hydrogen-bond donors (Lipinski definition) is 0. The SMILES string of the molecule is O=c1ccc2ccncc2n1F. The molecule has 0 aliphatic carbocycles. The molecule has 0 aliphatic heterocycles. The molecule has 0 saturated heterocycles. The van der Waals surface area contributed by atoms with Gasteiger partial charge in [0.05, 0.1) is 6.20 Å². The zero-order valence-corrected chi connectivity index (χ0v) is 6.07. The number of pyridine rings is 2. The van der Waals surface area contributed by atoms with Gasteiger partial charge in [-0.25, -0.2) is 0 Å². The lowest BCUT2D eigenvalue weighted by atomic mass is 10.3. The molecular formula is C8H5FN2O. The van der Waals surface area contributed by atoms with Gasteiger partial charge < -0.3 is 0 Å². The van der Waals surface area contributed by atoms with E-state index in [0.29, 0.717) is 5.39 Å². The average molecular weight is 164 g/mol. The number of fused-ring (bicyclic) bond motifs is 1. The second-order valence-corrected chi connectivity index (χ2v) is 2.39. The highest BCUT2D eigenvalue weighted by atomic mass is 19.2. The van der Waals surface area contributed by atoms with E-state index in [4.69, 9.17) is 0 Å². The van der Waals surface area contributed by atoms with E-state index in [1.807, 2.05) is 0 Å². The van der Waals surface area contributed by atoms with Crippen molar-refractivity contribution in [1.29, 1.82) is 0 Å². The Balaban J connectivity index is 3.01. The van der Waals surface area contributed by atoms with Crippen LogP contribution in [0.3, 0.4) is 0 Å². The summed E-state index contributed by atoms with van der Waals surface area (Å²) >= 11 is 0. The Kier molecular flexibility index (Phi) is 1.40. The Morgan fingerprint density at radius 2 is 2.17 bits per heavy atom. The van der Waals surface area contributed by atoms with Crippen LogP contribution in [-0.2, 0) is 0 Å². The molecule has 0 atom stereocenters. The van der Waals surface area contributed by atoms with Crippen LogP contribution in [0.4, 0.5) is 4.48 Å². The van der Waals surface area contributed by atoms with Crippen LogP contribution in [0.25, 0.3) is 10.9 Å². The summed E-state index contributed by atoms with van der Waals surface area (Å²) in [4.78, 5) is 14.6. The molecule has 0 unspecified atom stereocenters. The fourth-order valence-electron chi connectivity index (χ4n) is 1.05. The van der Waals surface area contributed by atoms with Crippen molar-refractivity contribution in [1.82, 2.24) is 9.77 Å². The fraction of sp³-hybridized carbons (Fsp3) is 0. The Morgan fingerprint density at radius 1 is 1.33 bits per heavy atom. The molecule has 0 radical (unpaired) electrons. The lowest BCUT2D eigenvalue weighted by Gasteiger charge is -1.97. The van der Waals surface area contributed by atoms with Gasteiger partial charge in [0.2, 0.25) is 0 Å². The van der Waals surface area contributed by atoms with Crippen molar-refractivity contribution >= 4 is 10.9 Å². The second kappa shape index (κ2) is 2.41. The van der Waals surface area contributed by atoms with E-state index in [1.54, 1.807) is 18.3 Å². The molecule has 2 aromatic heterocycles. The summed E-state index contributed by atoms with van der Waals surface area (Å²) in [5.41, 5.74) is -0.472. The van der Waals surface area contributed by atoms with Gasteiger partial charge in [0.15, 0.2) is 0 Å². The zero-order valence-electron chi connectivity index (χ0n) is 6.07. The average Bonchev–Trinajstić information content (AvgIpc) is 2.12. The van der Waals surface area contributed by atoms with E-state index in [1.165, 1.54) is 12.3 Å². The molecule has 0 saturated carbocycles. The number of nitrogens with zero attached hydrogens (tertiary/aromatic N) is 2. The van der Waals surface area contributed by atoms with Gasteiger partial charge in [0, 0.05) is 17.6 Å².